The van der Waals surface area contributed by atoms with Gasteiger partial charge < -0.3 is 19.3 Å². The lowest BCUT2D eigenvalue weighted by molar-refractivity contribution is -0.171. The Morgan fingerprint density at radius 1 is 0.561 bits per heavy atom. The standard InChI is InChI=1S/C33H24O8/c34-30(35)28(40-31(36)26-18-8-14-22-12-4-6-16-24(22)26)29(33(38)39-20-21-10-2-1-3-11-21)41-32(37)27-19-9-15-23-13-5-7-17-25(23)27/h1-19,28-29H,20H2,(H,34,35)/t28-,29-/m0/s1. The minimum Gasteiger partial charge on any atom is -0.478 e. The van der Waals surface area contributed by atoms with E-state index >= 15 is 0 Å². The highest BCUT2D eigenvalue weighted by atomic mass is 16.6. The van der Waals surface area contributed by atoms with E-state index in [0.717, 1.165) is 10.8 Å². The molecular formula is C33H24O8. The highest BCUT2D eigenvalue weighted by molar-refractivity contribution is 6.06. The van der Waals surface area contributed by atoms with Crippen molar-refractivity contribution in [2.24, 2.45) is 0 Å². The van der Waals surface area contributed by atoms with E-state index in [0.29, 0.717) is 16.3 Å². The molecule has 8 nitrogen and oxygen atoms in total. The summed E-state index contributed by atoms with van der Waals surface area (Å²) in [6, 6.07) is 32.5. The first-order valence-corrected chi connectivity index (χ1v) is 12.7. The largest absolute Gasteiger partial charge is 0.478 e. The number of fused-ring (bicyclic) bond motifs is 2. The number of benzene rings is 5. The number of carboxylic acids is 1. The highest BCUT2D eigenvalue weighted by Gasteiger charge is 2.42. The van der Waals surface area contributed by atoms with E-state index in [2.05, 4.69) is 0 Å². The molecule has 0 aromatic heterocycles. The van der Waals surface area contributed by atoms with Gasteiger partial charge in [0.2, 0.25) is 12.2 Å². The van der Waals surface area contributed by atoms with Crippen LogP contribution in [0.2, 0.25) is 0 Å². The fourth-order valence-corrected chi connectivity index (χ4v) is 4.45. The number of carboxylic acid groups (broad SMARTS) is 1. The third-order valence-corrected chi connectivity index (χ3v) is 6.46. The lowest BCUT2D eigenvalue weighted by Crippen LogP contribution is -2.46. The lowest BCUT2D eigenvalue weighted by atomic mass is 10.0. The molecule has 0 saturated carbocycles. The van der Waals surface area contributed by atoms with Crippen LogP contribution in [0, 0.1) is 0 Å². The zero-order valence-corrected chi connectivity index (χ0v) is 21.6. The van der Waals surface area contributed by atoms with Gasteiger partial charge >= 0.3 is 23.9 Å². The van der Waals surface area contributed by atoms with Gasteiger partial charge in [-0.3, -0.25) is 0 Å². The summed E-state index contributed by atoms with van der Waals surface area (Å²) in [7, 11) is 0. The van der Waals surface area contributed by atoms with Gasteiger partial charge in [0.05, 0.1) is 11.1 Å². The van der Waals surface area contributed by atoms with Crippen LogP contribution in [0.15, 0.2) is 115 Å². The van der Waals surface area contributed by atoms with Crippen molar-refractivity contribution in [3.8, 4) is 0 Å². The number of carbonyl (C=O) groups excluding carboxylic acids is 3. The normalized spacial score (nSPS) is 12.3. The van der Waals surface area contributed by atoms with Gasteiger partial charge in [-0.1, -0.05) is 103 Å². The van der Waals surface area contributed by atoms with E-state index in [1.54, 1.807) is 103 Å². The first kappa shape index (κ1) is 27.1. The van der Waals surface area contributed by atoms with Gasteiger partial charge in [0.1, 0.15) is 6.61 Å². The molecule has 41 heavy (non-hydrogen) atoms. The Balaban J connectivity index is 1.46. The van der Waals surface area contributed by atoms with Crippen LogP contribution in [-0.2, 0) is 30.4 Å². The number of rotatable bonds is 9. The fraction of sp³-hybridized carbons (Fsp3) is 0.0909. The summed E-state index contributed by atoms with van der Waals surface area (Å²) in [6.07, 6.45) is -4.29. The van der Waals surface area contributed by atoms with Crippen molar-refractivity contribution in [1.29, 1.82) is 0 Å². The van der Waals surface area contributed by atoms with Crippen LogP contribution in [0.1, 0.15) is 26.3 Å². The summed E-state index contributed by atoms with van der Waals surface area (Å²) in [4.78, 5) is 52.2. The first-order chi connectivity index (χ1) is 19.9. The zero-order chi connectivity index (χ0) is 28.8. The van der Waals surface area contributed by atoms with Crippen molar-refractivity contribution in [3.63, 3.8) is 0 Å². The molecule has 5 aromatic rings. The van der Waals surface area contributed by atoms with Gasteiger partial charge in [-0.2, -0.15) is 0 Å². The molecule has 204 valence electrons. The Kier molecular flexibility index (Phi) is 8.01. The number of aliphatic carboxylic acids is 1. The predicted octanol–water partition coefficient (Wildman–Crippen LogP) is 5.57. The third kappa shape index (κ3) is 6.07. The number of hydrogen-bond donors (Lipinski definition) is 1. The SMILES string of the molecule is O=C(O[C@H](C(=O)O)[C@H](OC(=O)c1cccc2ccccc12)C(=O)OCc1ccccc1)c1cccc2ccccc12. The van der Waals surface area contributed by atoms with Gasteiger partial charge in [0.15, 0.2) is 0 Å². The van der Waals surface area contributed by atoms with Crippen molar-refractivity contribution in [2.75, 3.05) is 0 Å². The van der Waals surface area contributed by atoms with E-state index in [4.69, 9.17) is 14.2 Å². The number of carbonyl (C=O) groups is 4. The molecule has 5 aromatic carbocycles. The van der Waals surface area contributed by atoms with Crippen LogP contribution >= 0.6 is 0 Å². The van der Waals surface area contributed by atoms with Crippen molar-refractivity contribution in [3.05, 3.63) is 132 Å². The summed E-state index contributed by atoms with van der Waals surface area (Å²) in [5.41, 5.74) is 0.819. The van der Waals surface area contributed by atoms with E-state index < -0.39 is 36.1 Å². The van der Waals surface area contributed by atoms with Gasteiger partial charge in [-0.15, -0.1) is 0 Å². The van der Waals surface area contributed by atoms with E-state index in [1.165, 1.54) is 12.1 Å². The van der Waals surface area contributed by atoms with Gasteiger partial charge in [0.25, 0.3) is 0 Å². The van der Waals surface area contributed by atoms with Gasteiger partial charge in [-0.25, -0.2) is 19.2 Å². The van der Waals surface area contributed by atoms with Crippen LogP contribution in [-0.4, -0.2) is 41.2 Å². The molecule has 0 bridgehead atoms. The molecular weight excluding hydrogens is 524 g/mol. The molecule has 0 aliphatic rings. The van der Waals surface area contributed by atoms with Crippen LogP contribution in [0.25, 0.3) is 21.5 Å². The zero-order valence-electron chi connectivity index (χ0n) is 21.6. The maximum Gasteiger partial charge on any atom is 0.352 e. The van der Waals surface area contributed by atoms with Crippen LogP contribution in [0.5, 0.6) is 0 Å². The second-order valence-corrected chi connectivity index (χ2v) is 9.14. The molecule has 0 unspecified atom stereocenters. The summed E-state index contributed by atoms with van der Waals surface area (Å²) in [5, 5.41) is 12.6. The van der Waals surface area contributed by atoms with Crippen LogP contribution < -0.4 is 0 Å². The Labute approximate surface area is 234 Å². The van der Waals surface area contributed by atoms with Crippen molar-refractivity contribution in [1.82, 2.24) is 0 Å². The molecule has 0 fully saturated rings. The molecule has 5 rings (SSSR count). The van der Waals surface area contributed by atoms with Crippen LogP contribution in [0.3, 0.4) is 0 Å². The molecule has 0 amide bonds. The Morgan fingerprint density at radius 3 is 1.56 bits per heavy atom. The van der Waals surface area contributed by atoms with E-state index in [-0.39, 0.29) is 17.7 Å². The van der Waals surface area contributed by atoms with Gasteiger partial charge in [0, 0.05) is 0 Å². The minimum atomic E-state index is -2.19. The van der Waals surface area contributed by atoms with Crippen molar-refractivity contribution < 1.29 is 38.5 Å². The molecule has 0 radical (unpaired) electrons. The molecule has 0 aliphatic carbocycles. The van der Waals surface area contributed by atoms with Crippen LogP contribution in [0.4, 0.5) is 0 Å². The Morgan fingerprint density at radius 2 is 1.02 bits per heavy atom. The molecule has 2 atom stereocenters. The third-order valence-electron chi connectivity index (χ3n) is 6.46. The molecule has 0 aliphatic heterocycles. The maximum absolute atomic E-state index is 13.3. The fourth-order valence-electron chi connectivity index (χ4n) is 4.45. The quantitative estimate of drug-likeness (QED) is 0.188. The molecule has 1 N–H and O–H groups in total. The number of hydrogen-bond acceptors (Lipinski definition) is 7. The van der Waals surface area contributed by atoms with E-state index in [9.17, 15) is 24.3 Å². The van der Waals surface area contributed by atoms with Gasteiger partial charge in [-0.05, 0) is 39.2 Å². The minimum absolute atomic E-state index is 0.0890. The highest BCUT2D eigenvalue weighted by Crippen LogP contribution is 2.23. The second kappa shape index (κ2) is 12.1. The van der Waals surface area contributed by atoms with Crippen molar-refractivity contribution >= 4 is 45.4 Å². The monoisotopic (exact) mass is 548 g/mol. The Bertz CT molecular complexity index is 1730. The number of esters is 3. The maximum atomic E-state index is 13.3. The predicted molar refractivity (Wildman–Crippen MR) is 150 cm³/mol. The summed E-state index contributed by atoms with van der Waals surface area (Å²) >= 11 is 0. The summed E-state index contributed by atoms with van der Waals surface area (Å²) in [6.45, 7) is -0.217. The first-order valence-electron chi connectivity index (χ1n) is 12.7. The number of ether oxygens (including phenoxy) is 3. The Hall–Kier alpha value is -5.50. The molecule has 0 heterocycles. The summed E-state index contributed by atoms with van der Waals surface area (Å²) < 4.78 is 16.2. The van der Waals surface area contributed by atoms with Crippen molar-refractivity contribution in [2.45, 2.75) is 18.8 Å². The molecule has 8 heteroatoms. The molecule has 0 saturated heterocycles. The smallest absolute Gasteiger partial charge is 0.352 e. The summed E-state index contributed by atoms with van der Waals surface area (Å²) in [5.74, 6) is -4.85. The lowest BCUT2D eigenvalue weighted by Gasteiger charge is -2.23. The average molecular weight is 549 g/mol. The second-order valence-electron chi connectivity index (χ2n) is 9.14. The van der Waals surface area contributed by atoms with E-state index in [1.807, 2.05) is 0 Å². The topological polar surface area (TPSA) is 116 Å². The molecule has 0 spiro atoms. The average Bonchev–Trinajstić information content (AvgIpc) is 3.01.